The van der Waals surface area contributed by atoms with Crippen molar-refractivity contribution in [1.82, 2.24) is 0 Å². The summed E-state index contributed by atoms with van der Waals surface area (Å²) in [5, 5.41) is 18.9. The molecule has 0 amide bonds. The Labute approximate surface area is 89.6 Å². The Hall–Kier alpha value is -0.970. The number of carbonyl (C=O) groups excluding carboxylic acids is 1. The summed E-state index contributed by atoms with van der Waals surface area (Å²) in [6.07, 6.45) is 2.65. The summed E-state index contributed by atoms with van der Waals surface area (Å²) in [4.78, 5) is 21.4. The summed E-state index contributed by atoms with van der Waals surface area (Å²) < 4.78 is 0. The highest BCUT2D eigenvalue weighted by atomic mass is 16.6. The topological polar surface area (TPSA) is 80.4 Å². The van der Waals surface area contributed by atoms with Crippen molar-refractivity contribution in [3.63, 3.8) is 0 Å². The van der Waals surface area contributed by atoms with Gasteiger partial charge in [-0.3, -0.25) is 14.9 Å². The van der Waals surface area contributed by atoms with E-state index in [1.54, 1.807) is 0 Å². The summed E-state index contributed by atoms with van der Waals surface area (Å²) in [5.41, 5.74) is 0. The second-order valence-electron chi connectivity index (χ2n) is 3.62. The van der Waals surface area contributed by atoms with Gasteiger partial charge in [-0.1, -0.05) is 6.92 Å². The zero-order valence-corrected chi connectivity index (χ0v) is 9.15. The number of nitro groups is 1. The average molecular weight is 217 g/mol. The molecule has 0 aromatic heterocycles. The van der Waals surface area contributed by atoms with E-state index in [-0.39, 0.29) is 24.9 Å². The Morgan fingerprint density at radius 1 is 1.47 bits per heavy atom. The van der Waals surface area contributed by atoms with Crippen LogP contribution in [0.5, 0.6) is 0 Å². The SMILES string of the molecule is CCCC(=O)C(CCCO)CC[N+](=O)[O-]. The van der Waals surface area contributed by atoms with Crippen LogP contribution in [0.3, 0.4) is 0 Å². The van der Waals surface area contributed by atoms with Crippen molar-refractivity contribution >= 4 is 5.78 Å². The van der Waals surface area contributed by atoms with Gasteiger partial charge in [0, 0.05) is 30.3 Å². The minimum Gasteiger partial charge on any atom is -0.396 e. The number of ketones is 1. The number of hydrogen-bond donors (Lipinski definition) is 1. The molecule has 5 nitrogen and oxygen atoms in total. The second-order valence-corrected chi connectivity index (χ2v) is 3.62. The normalized spacial score (nSPS) is 12.4. The van der Waals surface area contributed by atoms with Crippen molar-refractivity contribution in [3.8, 4) is 0 Å². The fraction of sp³-hybridized carbons (Fsp3) is 0.900. The number of hydrogen-bond acceptors (Lipinski definition) is 4. The van der Waals surface area contributed by atoms with Crippen LogP contribution in [-0.2, 0) is 4.79 Å². The lowest BCUT2D eigenvalue weighted by molar-refractivity contribution is -0.481. The number of carbonyl (C=O) groups is 1. The van der Waals surface area contributed by atoms with Gasteiger partial charge >= 0.3 is 0 Å². The predicted molar refractivity (Wildman–Crippen MR) is 56.2 cm³/mol. The van der Waals surface area contributed by atoms with Crippen molar-refractivity contribution in [2.24, 2.45) is 5.92 Å². The van der Waals surface area contributed by atoms with Crippen LogP contribution in [0.4, 0.5) is 0 Å². The first kappa shape index (κ1) is 14.0. The van der Waals surface area contributed by atoms with Gasteiger partial charge in [0.1, 0.15) is 5.78 Å². The minimum atomic E-state index is -0.398. The smallest absolute Gasteiger partial charge is 0.204 e. The van der Waals surface area contributed by atoms with Crippen molar-refractivity contribution < 1.29 is 14.8 Å². The largest absolute Gasteiger partial charge is 0.396 e. The fourth-order valence-corrected chi connectivity index (χ4v) is 1.52. The first-order valence-corrected chi connectivity index (χ1v) is 5.37. The molecule has 1 unspecified atom stereocenters. The maximum absolute atomic E-state index is 11.6. The van der Waals surface area contributed by atoms with Crippen LogP contribution >= 0.6 is 0 Å². The quantitative estimate of drug-likeness (QED) is 0.467. The summed E-state index contributed by atoms with van der Waals surface area (Å²) in [5.74, 6) is -0.157. The third-order valence-electron chi connectivity index (χ3n) is 2.32. The van der Waals surface area contributed by atoms with E-state index in [9.17, 15) is 14.9 Å². The number of rotatable bonds is 9. The lowest BCUT2D eigenvalue weighted by Gasteiger charge is -2.12. The molecule has 1 atom stereocenters. The average Bonchev–Trinajstić information content (AvgIpc) is 2.17. The molecular formula is C10H19NO4. The highest BCUT2D eigenvalue weighted by molar-refractivity contribution is 5.80. The molecule has 88 valence electrons. The Balaban J connectivity index is 4.04. The number of Topliss-reactive ketones (excluding diaryl/α,β-unsaturated/α-hetero) is 1. The first-order chi connectivity index (χ1) is 7.11. The summed E-state index contributed by atoms with van der Waals surface area (Å²) in [6, 6.07) is 0. The highest BCUT2D eigenvalue weighted by Crippen LogP contribution is 2.15. The zero-order chi connectivity index (χ0) is 11.7. The van der Waals surface area contributed by atoms with Gasteiger partial charge in [0.15, 0.2) is 0 Å². The molecule has 0 heterocycles. The molecule has 0 fully saturated rings. The van der Waals surface area contributed by atoms with Gasteiger partial charge in [-0.15, -0.1) is 0 Å². The molecule has 0 bridgehead atoms. The standard InChI is InChI=1S/C10H19NO4/c1-2-4-10(13)9(5-3-8-12)6-7-11(14)15/h9,12H,2-8H2,1H3. The Bertz CT molecular complexity index is 206. The van der Waals surface area contributed by atoms with Gasteiger partial charge in [0.05, 0.1) is 0 Å². The maximum atomic E-state index is 11.6. The minimum absolute atomic E-state index is 0.0361. The van der Waals surface area contributed by atoms with E-state index < -0.39 is 4.92 Å². The first-order valence-electron chi connectivity index (χ1n) is 5.37. The Morgan fingerprint density at radius 3 is 2.60 bits per heavy atom. The van der Waals surface area contributed by atoms with Crippen LogP contribution in [0.25, 0.3) is 0 Å². The van der Waals surface area contributed by atoms with Crippen LogP contribution in [-0.4, -0.2) is 29.0 Å². The lowest BCUT2D eigenvalue weighted by atomic mass is 9.92. The molecule has 0 aromatic rings. The fourth-order valence-electron chi connectivity index (χ4n) is 1.52. The molecule has 0 aliphatic rings. The second kappa shape index (κ2) is 8.35. The van der Waals surface area contributed by atoms with Crippen molar-refractivity contribution in [1.29, 1.82) is 0 Å². The van der Waals surface area contributed by atoms with E-state index in [4.69, 9.17) is 5.11 Å². The molecule has 15 heavy (non-hydrogen) atoms. The Morgan fingerprint density at radius 2 is 2.13 bits per heavy atom. The van der Waals surface area contributed by atoms with E-state index >= 15 is 0 Å². The summed E-state index contributed by atoms with van der Waals surface area (Å²) in [6.45, 7) is 1.79. The van der Waals surface area contributed by atoms with Gasteiger partial charge in [-0.05, 0) is 19.3 Å². The van der Waals surface area contributed by atoms with E-state index in [2.05, 4.69) is 0 Å². The number of nitrogens with zero attached hydrogens (tertiary/aromatic N) is 1. The maximum Gasteiger partial charge on any atom is 0.204 e. The molecular weight excluding hydrogens is 198 g/mol. The Kier molecular flexibility index (Phi) is 7.81. The highest BCUT2D eigenvalue weighted by Gasteiger charge is 2.19. The molecule has 0 aliphatic heterocycles. The van der Waals surface area contributed by atoms with Gasteiger partial charge < -0.3 is 5.11 Å². The predicted octanol–water partition coefficient (Wildman–Crippen LogP) is 1.41. The third-order valence-corrected chi connectivity index (χ3v) is 2.32. The van der Waals surface area contributed by atoms with E-state index in [0.717, 1.165) is 6.42 Å². The van der Waals surface area contributed by atoms with Crippen LogP contribution in [0.1, 0.15) is 39.0 Å². The summed E-state index contributed by atoms with van der Waals surface area (Å²) in [7, 11) is 0. The van der Waals surface area contributed by atoms with Gasteiger partial charge in [0.2, 0.25) is 6.54 Å². The van der Waals surface area contributed by atoms with Gasteiger partial charge in [0.25, 0.3) is 0 Å². The van der Waals surface area contributed by atoms with Crippen LogP contribution in [0.2, 0.25) is 0 Å². The van der Waals surface area contributed by atoms with E-state index in [1.165, 1.54) is 0 Å². The zero-order valence-electron chi connectivity index (χ0n) is 9.15. The van der Waals surface area contributed by atoms with Gasteiger partial charge in [-0.2, -0.15) is 0 Å². The van der Waals surface area contributed by atoms with Crippen LogP contribution < -0.4 is 0 Å². The molecule has 0 aliphatic carbocycles. The molecule has 0 rings (SSSR count). The molecule has 0 saturated carbocycles. The molecule has 1 N–H and O–H groups in total. The van der Waals surface area contributed by atoms with E-state index in [1.807, 2.05) is 6.92 Å². The van der Waals surface area contributed by atoms with Crippen molar-refractivity contribution in [2.75, 3.05) is 13.2 Å². The third kappa shape index (κ3) is 7.02. The molecule has 0 aromatic carbocycles. The lowest BCUT2D eigenvalue weighted by Crippen LogP contribution is -2.18. The number of aliphatic hydroxyl groups is 1. The molecule has 0 spiro atoms. The monoisotopic (exact) mass is 217 g/mol. The summed E-state index contributed by atoms with van der Waals surface area (Å²) >= 11 is 0. The van der Waals surface area contributed by atoms with Crippen molar-refractivity contribution in [3.05, 3.63) is 10.1 Å². The molecule has 0 saturated heterocycles. The van der Waals surface area contributed by atoms with Crippen LogP contribution in [0, 0.1) is 16.0 Å². The van der Waals surface area contributed by atoms with Gasteiger partial charge in [-0.25, -0.2) is 0 Å². The number of aliphatic hydroxyl groups excluding tert-OH is 1. The van der Waals surface area contributed by atoms with Crippen molar-refractivity contribution in [2.45, 2.75) is 39.0 Å². The molecule has 5 heteroatoms. The van der Waals surface area contributed by atoms with E-state index in [0.29, 0.717) is 25.7 Å². The van der Waals surface area contributed by atoms with Crippen LogP contribution in [0.15, 0.2) is 0 Å². The molecule has 0 radical (unpaired) electrons.